The average Bonchev–Trinajstić information content (AvgIpc) is 3.23. The fourth-order valence-electron chi connectivity index (χ4n) is 4.65. The van der Waals surface area contributed by atoms with Crippen LogP contribution in [0.1, 0.15) is 67.2 Å². The molecule has 0 aromatic heterocycles. The van der Waals surface area contributed by atoms with Crippen molar-refractivity contribution in [3.63, 3.8) is 0 Å². The zero-order chi connectivity index (χ0) is 32.4. The number of halogens is 3. The van der Waals surface area contributed by atoms with E-state index in [-0.39, 0.29) is 5.92 Å². The Balaban J connectivity index is 3.06. The summed E-state index contributed by atoms with van der Waals surface area (Å²) in [5.41, 5.74) is 0.0307. The van der Waals surface area contributed by atoms with Crippen molar-refractivity contribution < 1.29 is 33.8 Å². The van der Waals surface area contributed by atoms with Crippen molar-refractivity contribution >= 4 is 70.4 Å². The van der Waals surface area contributed by atoms with Crippen molar-refractivity contribution in [2.45, 2.75) is 101 Å². The molecule has 14 heteroatoms. The molecule has 0 saturated heterocycles. The summed E-state index contributed by atoms with van der Waals surface area (Å²) in [5.74, 6) is -2.26. The van der Waals surface area contributed by atoms with E-state index in [1.807, 2.05) is 20.1 Å². The molecule has 6 atom stereocenters. The highest BCUT2D eigenvalue weighted by molar-refractivity contribution is 7.98. The number of amides is 3. The molecule has 1 fully saturated rings. The molecule has 4 N–H and O–H groups in total. The second-order valence-electron chi connectivity index (χ2n) is 12.1. The average molecular weight is 675 g/mol. The molecule has 1 rings (SSSR count). The van der Waals surface area contributed by atoms with E-state index in [4.69, 9.17) is 44.3 Å². The molecule has 0 radical (unpaired) electrons. The molecule has 10 nitrogen and oxygen atoms in total. The van der Waals surface area contributed by atoms with Crippen LogP contribution in [0.5, 0.6) is 0 Å². The first-order valence-electron chi connectivity index (χ1n) is 13.9. The maximum atomic E-state index is 13.4. The Morgan fingerprint density at radius 1 is 1.07 bits per heavy atom. The third-order valence-electron chi connectivity index (χ3n) is 6.50. The van der Waals surface area contributed by atoms with Gasteiger partial charge < -0.3 is 30.5 Å². The Kier molecular flexibility index (Phi) is 15.8. The van der Waals surface area contributed by atoms with E-state index in [0.29, 0.717) is 31.4 Å². The molecule has 0 aromatic carbocycles. The highest BCUT2D eigenvalue weighted by atomic mass is 35.6. The van der Waals surface area contributed by atoms with Crippen molar-refractivity contribution in [3.8, 4) is 0 Å². The molecule has 242 valence electrons. The molecular weight excluding hydrogens is 629 g/mol. The van der Waals surface area contributed by atoms with E-state index >= 15 is 0 Å². The predicted octanol–water partition coefficient (Wildman–Crippen LogP) is 4.53. The monoisotopic (exact) mass is 673 g/mol. The summed E-state index contributed by atoms with van der Waals surface area (Å²) in [5, 5.41) is 19.8. The first-order chi connectivity index (χ1) is 19.2. The quantitative estimate of drug-likeness (QED) is 0.120. The highest BCUT2D eigenvalue weighted by Gasteiger charge is 2.43. The van der Waals surface area contributed by atoms with Gasteiger partial charge in [0.2, 0.25) is 15.6 Å². The molecule has 3 amide bonds. The van der Waals surface area contributed by atoms with Gasteiger partial charge in [-0.2, -0.15) is 11.8 Å². The fraction of sp³-hybridized carbons (Fsp3) is 0.786. The van der Waals surface area contributed by atoms with E-state index in [1.165, 1.54) is 18.7 Å². The van der Waals surface area contributed by atoms with Gasteiger partial charge in [0.05, 0.1) is 12.1 Å². The second-order valence-corrected chi connectivity index (χ2v) is 15.6. The number of alkyl halides is 3. The molecule has 0 bridgehead atoms. The van der Waals surface area contributed by atoms with Gasteiger partial charge in [-0.05, 0) is 71.3 Å². The minimum absolute atomic E-state index is 0.0954. The number of hydrogen-bond donors (Lipinski definition) is 4. The van der Waals surface area contributed by atoms with Gasteiger partial charge in [0.15, 0.2) is 0 Å². The van der Waals surface area contributed by atoms with Crippen molar-refractivity contribution in [2.24, 2.45) is 17.8 Å². The molecule has 42 heavy (non-hydrogen) atoms. The maximum absolute atomic E-state index is 13.4. The number of rotatable bonds is 14. The fourth-order valence-corrected chi connectivity index (χ4v) is 5.29. The number of carbonyl (C=O) groups is 4. The molecule has 1 aliphatic carbocycles. The van der Waals surface area contributed by atoms with E-state index in [0.717, 1.165) is 5.57 Å². The Bertz CT molecular complexity index is 956. The van der Waals surface area contributed by atoms with Gasteiger partial charge in [0, 0.05) is 11.8 Å². The lowest BCUT2D eigenvalue weighted by Crippen LogP contribution is -2.55. The Labute approximate surface area is 268 Å². The number of esters is 1. The number of aliphatic hydroxyl groups is 1. The number of thioether (sulfide) groups is 1. The van der Waals surface area contributed by atoms with Gasteiger partial charge in [-0.1, -0.05) is 60.8 Å². The van der Waals surface area contributed by atoms with E-state index < -0.39 is 75.9 Å². The highest BCUT2D eigenvalue weighted by Crippen LogP contribution is 2.39. The molecule has 1 saturated carbocycles. The van der Waals surface area contributed by atoms with Crippen LogP contribution in [0.2, 0.25) is 0 Å². The van der Waals surface area contributed by atoms with Crippen LogP contribution in [0.15, 0.2) is 12.2 Å². The molecule has 0 spiro atoms. The van der Waals surface area contributed by atoms with E-state index in [9.17, 15) is 24.3 Å². The summed E-state index contributed by atoms with van der Waals surface area (Å²) in [6, 6.07) is -2.63. The SMILES string of the molecule is C=C1C[C@@H]([C@H](O)[C@H](CC(C)C)NC(=O)[C@H](CCSC)NC(=O)OC(C)(C)C)[C@H](C(=O)N[C@@H](C)C(=O)OCC(Cl)(Cl)Cl)C1. The first-order valence-corrected chi connectivity index (χ1v) is 16.4. The van der Waals surface area contributed by atoms with Crippen LogP contribution in [0.3, 0.4) is 0 Å². The Morgan fingerprint density at radius 3 is 2.21 bits per heavy atom. The van der Waals surface area contributed by atoms with Crippen LogP contribution in [0.4, 0.5) is 4.79 Å². The lowest BCUT2D eigenvalue weighted by atomic mass is 9.83. The zero-order valence-electron chi connectivity index (χ0n) is 25.4. The van der Waals surface area contributed by atoms with Gasteiger partial charge >= 0.3 is 12.1 Å². The third kappa shape index (κ3) is 14.4. The zero-order valence-corrected chi connectivity index (χ0v) is 28.5. The molecule has 0 aromatic rings. The van der Waals surface area contributed by atoms with Crippen molar-refractivity contribution in [2.75, 3.05) is 18.6 Å². The van der Waals surface area contributed by atoms with Gasteiger partial charge in [0.1, 0.15) is 24.3 Å². The number of ether oxygens (including phenoxy) is 2. The summed E-state index contributed by atoms with van der Waals surface area (Å²) in [7, 11) is 0. The van der Waals surface area contributed by atoms with Crippen LogP contribution in [-0.2, 0) is 23.9 Å². The van der Waals surface area contributed by atoms with Gasteiger partial charge in [-0.3, -0.25) is 9.59 Å². The molecule has 1 aliphatic rings. The normalized spacial score (nSPS) is 20.3. The predicted molar refractivity (Wildman–Crippen MR) is 168 cm³/mol. The standard InChI is InChI=1S/C28H46Cl3N3O7S/c1-15(2)11-21(33-24(37)20(9-10-42-8)34-26(39)41-27(5,6)7)22(35)18-12-16(3)13-19(18)23(36)32-17(4)25(38)40-14-28(29,30)31/h15,17-22,35H,3,9-14H2,1-2,4-8H3,(H,32,36)(H,33,37)(H,34,39)/t17-,18+,19+,20-,21-,22-/m0/s1. The van der Waals surface area contributed by atoms with E-state index in [1.54, 1.807) is 20.8 Å². The molecule has 0 unspecified atom stereocenters. The van der Waals surface area contributed by atoms with E-state index in [2.05, 4.69) is 22.5 Å². The molecule has 0 heterocycles. The summed E-state index contributed by atoms with van der Waals surface area (Å²) in [6.45, 7) is 14.1. The van der Waals surface area contributed by atoms with Crippen molar-refractivity contribution in [1.82, 2.24) is 16.0 Å². The lowest BCUT2D eigenvalue weighted by molar-refractivity contribution is -0.148. The summed E-state index contributed by atoms with van der Waals surface area (Å²) in [4.78, 5) is 51.4. The Hall–Kier alpha value is -1.40. The van der Waals surface area contributed by atoms with Crippen LogP contribution in [-0.4, -0.2) is 81.2 Å². The third-order valence-corrected chi connectivity index (χ3v) is 7.47. The van der Waals surface area contributed by atoms with Gasteiger partial charge in [0.25, 0.3) is 0 Å². The summed E-state index contributed by atoms with van der Waals surface area (Å²) < 4.78 is 8.50. The smallest absolute Gasteiger partial charge is 0.408 e. The topological polar surface area (TPSA) is 143 Å². The van der Waals surface area contributed by atoms with Crippen molar-refractivity contribution in [3.05, 3.63) is 12.2 Å². The Morgan fingerprint density at radius 2 is 1.69 bits per heavy atom. The first kappa shape index (κ1) is 38.6. The molecule has 0 aliphatic heterocycles. The largest absolute Gasteiger partial charge is 0.460 e. The second kappa shape index (κ2) is 17.2. The van der Waals surface area contributed by atoms with Gasteiger partial charge in [-0.15, -0.1) is 0 Å². The van der Waals surface area contributed by atoms with Crippen molar-refractivity contribution in [1.29, 1.82) is 0 Å². The number of aliphatic hydroxyl groups excluding tert-OH is 1. The minimum Gasteiger partial charge on any atom is -0.460 e. The number of allylic oxidation sites excluding steroid dienone is 1. The van der Waals surface area contributed by atoms with Crippen LogP contribution in [0, 0.1) is 17.8 Å². The van der Waals surface area contributed by atoms with Gasteiger partial charge in [-0.25, -0.2) is 9.59 Å². The molecular formula is C28H46Cl3N3O7S. The van der Waals surface area contributed by atoms with Crippen LogP contribution < -0.4 is 16.0 Å². The number of hydrogen-bond acceptors (Lipinski definition) is 8. The number of carbonyl (C=O) groups excluding carboxylic acids is 4. The lowest BCUT2D eigenvalue weighted by Gasteiger charge is -2.33. The van der Waals surface area contributed by atoms with Crippen LogP contribution >= 0.6 is 46.6 Å². The minimum atomic E-state index is -1.79. The summed E-state index contributed by atoms with van der Waals surface area (Å²) in [6.07, 6.45) is 1.52. The maximum Gasteiger partial charge on any atom is 0.408 e. The number of alkyl carbamates (subject to hydrolysis) is 1. The number of nitrogens with one attached hydrogen (secondary N) is 3. The van der Waals surface area contributed by atoms with Crippen LogP contribution in [0.25, 0.3) is 0 Å². The summed E-state index contributed by atoms with van der Waals surface area (Å²) >= 11 is 18.4.